The van der Waals surface area contributed by atoms with E-state index in [9.17, 15) is 4.79 Å². The van der Waals surface area contributed by atoms with Crippen molar-refractivity contribution in [2.45, 2.75) is 26.7 Å². The molecular weight excluding hydrogens is 258 g/mol. The van der Waals surface area contributed by atoms with Crippen LogP contribution in [0.2, 0.25) is 0 Å². The van der Waals surface area contributed by atoms with Gasteiger partial charge in [0.25, 0.3) is 0 Å². The number of hydrogen-bond acceptors (Lipinski definition) is 4. The number of carbonyl (C=O) groups excluding carboxylic acids is 1. The first-order valence-electron chi connectivity index (χ1n) is 6.52. The van der Waals surface area contributed by atoms with Crippen LogP contribution in [0.5, 0.6) is 0 Å². The highest BCUT2D eigenvalue weighted by molar-refractivity contribution is 7.20. The van der Waals surface area contributed by atoms with E-state index in [0.29, 0.717) is 23.1 Å². The van der Waals surface area contributed by atoms with Gasteiger partial charge in [-0.05, 0) is 48.4 Å². The molecule has 0 saturated heterocycles. The molecule has 2 N–H and O–H groups in total. The summed E-state index contributed by atoms with van der Waals surface area (Å²) >= 11 is 1.45. The Morgan fingerprint density at radius 2 is 2.16 bits per heavy atom. The van der Waals surface area contributed by atoms with E-state index >= 15 is 0 Å². The minimum atomic E-state index is -0.233. The van der Waals surface area contributed by atoms with E-state index in [4.69, 9.17) is 10.5 Å². The van der Waals surface area contributed by atoms with Crippen molar-refractivity contribution < 1.29 is 9.53 Å². The first kappa shape index (κ1) is 13.9. The number of rotatable bonds is 5. The normalized spacial score (nSPS) is 11.1. The van der Waals surface area contributed by atoms with Crippen LogP contribution in [0.3, 0.4) is 0 Å². The lowest BCUT2D eigenvalue weighted by Crippen LogP contribution is -2.05. The van der Waals surface area contributed by atoms with E-state index in [1.807, 2.05) is 24.3 Å². The summed E-state index contributed by atoms with van der Waals surface area (Å²) in [6.07, 6.45) is 2.00. The molecule has 3 nitrogen and oxygen atoms in total. The summed E-state index contributed by atoms with van der Waals surface area (Å²) in [4.78, 5) is 12.5. The number of nitrogens with two attached hydrogens (primary N) is 1. The lowest BCUT2D eigenvalue weighted by atomic mass is 10.1. The summed E-state index contributed by atoms with van der Waals surface area (Å²) in [6, 6.07) is 7.50. The lowest BCUT2D eigenvalue weighted by Gasteiger charge is -2.05. The molecule has 0 aliphatic rings. The number of benzene rings is 1. The van der Waals surface area contributed by atoms with Gasteiger partial charge >= 0.3 is 5.97 Å². The Hall–Kier alpha value is -1.55. The Morgan fingerprint density at radius 1 is 1.37 bits per heavy atom. The Morgan fingerprint density at radius 3 is 2.89 bits per heavy atom. The number of fused-ring (bicyclic) bond motifs is 1. The second-order valence-corrected chi connectivity index (χ2v) is 6.16. The maximum absolute atomic E-state index is 11.9. The van der Waals surface area contributed by atoms with Gasteiger partial charge in [-0.25, -0.2) is 4.79 Å². The SMILES string of the molecule is CC(C)CCCOC(=O)c1cc2cc(N)ccc2s1. The number of hydrogen-bond donors (Lipinski definition) is 1. The van der Waals surface area contributed by atoms with E-state index in [2.05, 4.69) is 13.8 Å². The molecule has 0 aliphatic heterocycles. The topological polar surface area (TPSA) is 52.3 Å². The quantitative estimate of drug-likeness (QED) is 0.509. The number of ether oxygens (including phenoxy) is 1. The molecule has 102 valence electrons. The van der Waals surface area contributed by atoms with Crippen molar-refractivity contribution in [1.82, 2.24) is 0 Å². The summed E-state index contributed by atoms with van der Waals surface area (Å²) in [6.45, 7) is 4.82. The van der Waals surface area contributed by atoms with Gasteiger partial charge in [0.05, 0.1) is 6.61 Å². The van der Waals surface area contributed by atoms with Gasteiger partial charge in [-0.3, -0.25) is 0 Å². The first-order chi connectivity index (χ1) is 9.06. The number of nitrogen functional groups attached to an aromatic ring is 1. The van der Waals surface area contributed by atoms with Crippen molar-refractivity contribution in [1.29, 1.82) is 0 Å². The highest BCUT2D eigenvalue weighted by Crippen LogP contribution is 2.27. The molecule has 2 aromatic rings. The number of anilines is 1. The zero-order valence-corrected chi connectivity index (χ0v) is 12.1. The van der Waals surface area contributed by atoms with Gasteiger partial charge in [-0.15, -0.1) is 11.3 Å². The second-order valence-electron chi connectivity index (χ2n) is 5.08. The van der Waals surface area contributed by atoms with Crippen molar-refractivity contribution in [3.63, 3.8) is 0 Å². The maximum Gasteiger partial charge on any atom is 0.348 e. The van der Waals surface area contributed by atoms with E-state index in [0.717, 1.165) is 22.9 Å². The third-order valence-electron chi connectivity index (χ3n) is 2.90. The first-order valence-corrected chi connectivity index (χ1v) is 7.34. The zero-order chi connectivity index (χ0) is 13.8. The van der Waals surface area contributed by atoms with Crippen LogP contribution < -0.4 is 5.73 Å². The van der Waals surface area contributed by atoms with Crippen molar-refractivity contribution in [3.8, 4) is 0 Å². The zero-order valence-electron chi connectivity index (χ0n) is 11.3. The fraction of sp³-hybridized carbons (Fsp3) is 0.400. The van der Waals surface area contributed by atoms with Gasteiger partial charge in [0.1, 0.15) is 4.88 Å². The number of thiophene rings is 1. The molecular formula is C15H19NO2S. The van der Waals surface area contributed by atoms with Crippen molar-refractivity contribution >= 4 is 33.1 Å². The third kappa shape index (κ3) is 3.70. The average Bonchev–Trinajstić information content (AvgIpc) is 2.77. The Kier molecular flexibility index (Phi) is 4.43. The molecule has 1 aromatic heterocycles. The van der Waals surface area contributed by atoms with Crippen LogP contribution in [0, 0.1) is 5.92 Å². The third-order valence-corrected chi connectivity index (χ3v) is 4.00. The largest absolute Gasteiger partial charge is 0.462 e. The summed E-state index contributed by atoms with van der Waals surface area (Å²) in [5.41, 5.74) is 6.43. The Bertz CT molecular complexity index is 575. The molecule has 19 heavy (non-hydrogen) atoms. The smallest absolute Gasteiger partial charge is 0.348 e. The maximum atomic E-state index is 11.9. The second kappa shape index (κ2) is 6.06. The monoisotopic (exact) mass is 277 g/mol. The van der Waals surface area contributed by atoms with Gasteiger partial charge in [0.15, 0.2) is 0 Å². The van der Waals surface area contributed by atoms with Crippen LogP contribution in [0.1, 0.15) is 36.4 Å². The molecule has 0 radical (unpaired) electrons. The Balaban J connectivity index is 1.97. The highest BCUT2D eigenvalue weighted by atomic mass is 32.1. The molecule has 4 heteroatoms. The van der Waals surface area contributed by atoms with E-state index in [1.54, 1.807) is 0 Å². The number of carbonyl (C=O) groups is 1. The fourth-order valence-electron chi connectivity index (χ4n) is 1.89. The van der Waals surface area contributed by atoms with Crippen LogP contribution in [-0.2, 0) is 4.74 Å². The summed E-state index contributed by atoms with van der Waals surface area (Å²) < 4.78 is 6.34. The van der Waals surface area contributed by atoms with Crippen molar-refractivity contribution in [3.05, 3.63) is 29.1 Å². The predicted octanol–water partition coefficient (Wildman–Crippen LogP) is 4.08. The summed E-state index contributed by atoms with van der Waals surface area (Å²) in [7, 11) is 0. The summed E-state index contributed by atoms with van der Waals surface area (Å²) in [5, 5.41) is 0.999. The van der Waals surface area contributed by atoms with Crippen LogP contribution in [0.25, 0.3) is 10.1 Å². The van der Waals surface area contributed by atoms with Gasteiger partial charge in [-0.2, -0.15) is 0 Å². The molecule has 0 amide bonds. The molecule has 0 atom stereocenters. The minimum absolute atomic E-state index is 0.233. The van der Waals surface area contributed by atoms with Crippen molar-refractivity contribution in [2.24, 2.45) is 5.92 Å². The molecule has 0 spiro atoms. The van der Waals surface area contributed by atoms with Gasteiger partial charge in [-0.1, -0.05) is 13.8 Å². The predicted molar refractivity (Wildman–Crippen MR) is 80.6 cm³/mol. The molecule has 0 saturated carbocycles. The van der Waals surface area contributed by atoms with E-state index in [-0.39, 0.29) is 5.97 Å². The summed E-state index contributed by atoms with van der Waals surface area (Å²) in [5.74, 6) is 0.412. The molecule has 1 heterocycles. The van der Waals surface area contributed by atoms with Crippen molar-refractivity contribution in [2.75, 3.05) is 12.3 Å². The van der Waals surface area contributed by atoms with Gasteiger partial charge in [0, 0.05) is 10.4 Å². The lowest BCUT2D eigenvalue weighted by molar-refractivity contribution is 0.0500. The highest BCUT2D eigenvalue weighted by Gasteiger charge is 2.11. The van der Waals surface area contributed by atoms with Crippen LogP contribution in [0.15, 0.2) is 24.3 Å². The average molecular weight is 277 g/mol. The molecule has 0 aliphatic carbocycles. The van der Waals surface area contributed by atoms with Gasteiger partial charge < -0.3 is 10.5 Å². The molecule has 0 fully saturated rings. The van der Waals surface area contributed by atoms with Crippen LogP contribution >= 0.6 is 11.3 Å². The van der Waals surface area contributed by atoms with Crippen LogP contribution in [-0.4, -0.2) is 12.6 Å². The minimum Gasteiger partial charge on any atom is -0.462 e. The number of esters is 1. The van der Waals surface area contributed by atoms with Crippen LogP contribution in [0.4, 0.5) is 5.69 Å². The Labute approximate surface area is 117 Å². The molecule has 0 bridgehead atoms. The molecule has 2 rings (SSSR count). The standard InChI is InChI=1S/C15H19NO2S/c1-10(2)4-3-7-18-15(17)14-9-11-8-12(16)5-6-13(11)19-14/h5-6,8-10H,3-4,7,16H2,1-2H3. The van der Waals surface area contributed by atoms with Gasteiger partial charge in [0.2, 0.25) is 0 Å². The van der Waals surface area contributed by atoms with E-state index < -0.39 is 0 Å². The molecule has 1 aromatic carbocycles. The molecule has 0 unspecified atom stereocenters. The van der Waals surface area contributed by atoms with E-state index in [1.165, 1.54) is 11.3 Å². The fourth-order valence-corrected chi connectivity index (χ4v) is 2.83.